The van der Waals surface area contributed by atoms with Crippen molar-refractivity contribution < 1.29 is 4.79 Å². The van der Waals surface area contributed by atoms with Crippen molar-refractivity contribution in [1.29, 1.82) is 0 Å². The van der Waals surface area contributed by atoms with Gasteiger partial charge in [-0.25, -0.2) is 9.48 Å². The molecular formula is C17H22N4O2. The number of hydrogen-bond donors (Lipinski definition) is 0. The monoisotopic (exact) mass is 314 g/mol. The molecule has 1 fully saturated rings. The van der Waals surface area contributed by atoms with Crippen molar-refractivity contribution in [1.82, 2.24) is 19.2 Å². The van der Waals surface area contributed by atoms with Crippen molar-refractivity contribution >= 4 is 5.91 Å². The molecule has 0 aliphatic carbocycles. The third-order valence-electron chi connectivity index (χ3n) is 4.51. The maximum Gasteiger partial charge on any atom is 0.345 e. The molecule has 1 aliphatic rings. The zero-order chi connectivity index (χ0) is 16.6. The molecule has 2 aromatic rings. The lowest BCUT2D eigenvalue weighted by Crippen LogP contribution is -2.41. The van der Waals surface area contributed by atoms with Gasteiger partial charge in [0.05, 0.1) is 0 Å². The van der Waals surface area contributed by atoms with Crippen LogP contribution in [0.3, 0.4) is 0 Å². The first-order valence-electron chi connectivity index (χ1n) is 7.95. The lowest BCUT2D eigenvalue weighted by molar-refractivity contribution is 0.0692. The van der Waals surface area contributed by atoms with Crippen molar-refractivity contribution in [2.45, 2.75) is 32.7 Å². The molecule has 122 valence electrons. The van der Waals surface area contributed by atoms with Crippen LogP contribution in [-0.2, 0) is 7.05 Å². The molecule has 3 rings (SSSR count). The van der Waals surface area contributed by atoms with E-state index in [9.17, 15) is 9.59 Å². The van der Waals surface area contributed by atoms with E-state index in [0.717, 1.165) is 29.8 Å². The number of aryl methyl sites for hydroxylation is 3. The highest BCUT2D eigenvalue weighted by molar-refractivity contribution is 5.94. The second-order valence-corrected chi connectivity index (χ2v) is 6.22. The Labute approximate surface area is 135 Å². The Kier molecular flexibility index (Phi) is 4.07. The van der Waals surface area contributed by atoms with Crippen molar-refractivity contribution in [2.24, 2.45) is 7.05 Å². The van der Waals surface area contributed by atoms with Crippen molar-refractivity contribution in [2.75, 3.05) is 13.1 Å². The fraction of sp³-hybridized carbons (Fsp3) is 0.471. The summed E-state index contributed by atoms with van der Waals surface area (Å²) in [6, 6.07) is 7.80. The topological polar surface area (TPSA) is 60.1 Å². The number of amides is 1. The van der Waals surface area contributed by atoms with Crippen LogP contribution in [0, 0.1) is 13.8 Å². The molecule has 0 N–H and O–H groups in total. The Morgan fingerprint density at radius 1 is 1.22 bits per heavy atom. The summed E-state index contributed by atoms with van der Waals surface area (Å²) in [6.45, 7) is 5.17. The molecule has 23 heavy (non-hydrogen) atoms. The lowest BCUT2D eigenvalue weighted by atomic mass is 10.0. The zero-order valence-electron chi connectivity index (χ0n) is 13.8. The van der Waals surface area contributed by atoms with Crippen LogP contribution >= 0.6 is 0 Å². The number of piperidine rings is 1. The molecule has 2 heterocycles. The van der Waals surface area contributed by atoms with E-state index >= 15 is 0 Å². The average Bonchev–Trinajstić information content (AvgIpc) is 2.79. The highest BCUT2D eigenvalue weighted by atomic mass is 16.2. The van der Waals surface area contributed by atoms with Crippen LogP contribution in [0.25, 0.3) is 0 Å². The van der Waals surface area contributed by atoms with Crippen LogP contribution in [0.5, 0.6) is 0 Å². The van der Waals surface area contributed by atoms with Gasteiger partial charge in [-0.2, -0.15) is 5.10 Å². The van der Waals surface area contributed by atoms with Gasteiger partial charge in [-0.3, -0.25) is 9.36 Å². The van der Waals surface area contributed by atoms with E-state index in [4.69, 9.17) is 0 Å². The smallest absolute Gasteiger partial charge is 0.338 e. The van der Waals surface area contributed by atoms with Gasteiger partial charge < -0.3 is 4.90 Å². The number of hydrogen-bond acceptors (Lipinski definition) is 3. The van der Waals surface area contributed by atoms with Crippen LogP contribution in [-0.4, -0.2) is 38.2 Å². The maximum atomic E-state index is 12.6. The van der Waals surface area contributed by atoms with E-state index in [-0.39, 0.29) is 17.6 Å². The van der Waals surface area contributed by atoms with E-state index in [1.807, 2.05) is 43.0 Å². The zero-order valence-corrected chi connectivity index (χ0v) is 13.8. The van der Waals surface area contributed by atoms with Gasteiger partial charge in [-0.05, 0) is 38.8 Å². The standard InChI is InChI=1S/C17H22N4O2/c1-12-5-4-6-14(11-12)16(22)20-9-7-15(8-10-20)21-13(2)18-19(3)17(21)23/h4-6,11,15H,7-10H2,1-3H3. The third-order valence-corrected chi connectivity index (χ3v) is 4.51. The van der Waals surface area contributed by atoms with Gasteiger partial charge in [0.2, 0.25) is 0 Å². The Hall–Kier alpha value is -2.37. The Morgan fingerprint density at radius 2 is 1.91 bits per heavy atom. The number of rotatable bonds is 2. The molecule has 1 aliphatic heterocycles. The van der Waals surface area contributed by atoms with E-state index in [2.05, 4.69) is 5.10 Å². The minimum Gasteiger partial charge on any atom is -0.338 e. The van der Waals surface area contributed by atoms with Crippen LogP contribution in [0.1, 0.15) is 40.6 Å². The first kappa shape index (κ1) is 15.5. The summed E-state index contributed by atoms with van der Waals surface area (Å²) in [5.41, 5.74) is 1.74. The number of likely N-dealkylation sites (tertiary alicyclic amines) is 1. The average molecular weight is 314 g/mol. The number of aromatic nitrogens is 3. The molecule has 1 aromatic carbocycles. The molecule has 0 atom stereocenters. The van der Waals surface area contributed by atoms with Crippen LogP contribution < -0.4 is 5.69 Å². The summed E-state index contributed by atoms with van der Waals surface area (Å²) in [7, 11) is 1.67. The van der Waals surface area contributed by atoms with Crippen LogP contribution in [0.2, 0.25) is 0 Å². The SMILES string of the molecule is Cc1cccc(C(=O)N2CCC(n3c(C)nn(C)c3=O)CC2)c1. The Balaban J connectivity index is 1.71. The molecule has 0 unspecified atom stereocenters. The number of carbonyl (C=O) groups is 1. The van der Waals surface area contributed by atoms with Crippen molar-refractivity contribution in [3.05, 3.63) is 51.7 Å². The van der Waals surface area contributed by atoms with Gasteiger partial charge >= 0.3 is 5.69 Å². The van der Waals surface area contributed by atoms with Crippen LogP contribution in [0.15, 0.2) is 29.1 Å². The summed E-state index contributed by atoms with van der Waals surface area (Å²) in [5.74, 6) is 0.809. The first-order chi connectivity index (χ1) is 11.0. The van der Waals surface area contributed by atoms with Gasteiger partial charge in [0.1, 0.15) is 5.82 Å². The molecule has 0 radical (unpaired) electrons. The van der Waals surface area contributed by atoms with E-state index in [1.54, 1.807) is 11.6 Å². The summed E-state index contributed by atoms with van der Waals surface area (Å²) < 4.78 is 3.13. The summed E-state index contributed by atoms with van der Waals surface area (Å²) in [6.07, 6.45) is 1.56. The van der Waals surface area contributed by atoms with Gasteiger partial charge in [0.15, 0.2) is 0 Å². The molecule has 1 amide bonds. The first-order valence-corrected chi connectivity index (χ1v) is 7.95. The lowest BCUT2D eigenvalue weighted by Gasteiger charge is -2.32. The van der Waals surface area contributed by atoms with E-state index in [0.29, 0.717) is 13.1 Å². The van der Waals surface area contributed by atoms with Crippen molar-refractivity contribution in [3.63, 3.8) is 0 Å². The quantitative estimate of drug-likeness (QED) is 0.847. The molecule has 1 saturated heterocycles. The highest BCUT2D eigenvalue weighted by Gasteiger charge is 2.27. The predicted molar refractivity (Wildman–Crippen MR) is 87.6 cm³/mol. The minimum absolute atomic E-state index is 0.0717. The van der Waals surface area contributed by atoms with Gasteiger partial charge in [-0.15, -0.1) is 0 Å². The number of benzene rings is 1. The molecule has 6 heteroatoms. The minimum atomic E-state index is -0.0778. The van der Waals surface area contributed by atoms with Gasteiger partial charge in [0.25, 0.3) is 5.91 Å². The normalized spacial score (nSPS) is 15.9. The van der Waals surface area contributed by atoms with Crippen molar-refractivity contribution in [3.8, 4) is 0 Å². The number of carbonyl (C=O) groups excluding carboxylic acids is 1. The third kappa shape index (κ3) is 2.93. The number of nitrogens with zero attached hydrogens (tertiary/aromatic N) is 4. The predicted octanol–water partition coefficient (Wildman–Crippen LogP) is 1.68. The van der Waals surface area contributed by atoms with Crippen LogP contribution in [0.4, 0.5) is 0 Å². The van der Waals surface area contributed by atoms with E-state index in [1.165, 1.54) is 4.68 Å². The second-order valence-electron chi connectivity index (χ2n) is 6.22. The molecule has 6 nitrogen and oxygen atoms in total. The fourth-order valence-electron chi connectivity index (χ4n) is 3.31. The summed E-state index contributed by atoms with van der Waals surface area (Å²) in [4.78, 5) is 26.6. The Morgan fingerprint density at radius 3 is 2.48 bits per heavy atom. The molecule has 1 aromatic heterocycles. The highest BCUT2D eigenvalue weighted by Crippen LogP contribution is 2.23. The largest absolute Gasteiger partial charge is 0.345 e. The molecular weight excluding hydrogens is 292 g/mol. The van der Waals surface area contributed by atoms with Gasteiger partial charge in [-0.1, -0.05) is 17.7 Å². The summed E-state index contributed by atoms with van der Waals surface area (Å²) >= 11 is 0. The van der Waals surface area contributed by atoms with Gasteiger partial charge in [0, 0.05) is 31.7 Å². The van der Waals surface area contributed by atoms with E-state index < -0.39 is 0 Å². The molecule has 0 saturated carbocycles. The maximum absolute atomic E-state index is 12.6. The molecule has 0 bridgehead atoms. The summed E-state index contributed by atoms with van der Waals surface area (Å²) in [5, 5.41) is 4.18. The fourth-order valence-corrected chi connectivity index (χ4v) is 3.31. The Bertz CT molecular complexity index is 782. The second kappa shape index (κ2) is 6.02. The molecule has 0 spiro atoms.